The molecule has 0 saturated carbocycles. The van der Waals surface area contributed by atoms with Crippen LogP contribution in [0.4, 0.5) is 5.69 Å². The molecule has 2 atom stereocenters. The van der Waals surface area contributed by atoms with Gasteiger partial charge in [-0.3, -0.25) is 4.90 Å². The number of nitrogens with zero attached hydrogens (tertiary/aromatic N) is 5. The van der Waals surface area contributed by atoms with Crippen LogP contribution in [0, 0.1) is 0 Å². The standard InChI is InChI=1S/C30H30BrCl2N5O3/c31-23-3-1-22(2-4-23)16-36-11-13-37(14-12-36)25-6-8-26(9-7-25)39-17-27-18-40-30(41-27,19-38-21-34-20-35-38)28-10-5-24(32)15-29(28)33/h1-10,15,20-21,27H,11-14,16-19H2. The van der Waals surface area contributed by atoms with Crippen LogP contribution in [0.5, 0.6) is 5.75 Å². The second kappa shape index (κ2) is 12.7. The van der Waals surface area contributed by atoms with E-state index in [1.807, 2.05) is 18.2 Å². The normalized spacial score (nSPS) is 21.3. The Hall–Kier alpha value is -2.66. The Morgan fingerprint density at radius 1 is 0.976 bits per heavy atom. The molecule has 1 aromatic heterocycles. The van der Waals surface area contributed by atoms with Crippen LogP contribution in [0.2, 0.25) is 10.0 Å². The van der Waals surface area contributed by atoms with E-state index in [1.165, 1.54) is 17.6 Å². The first-order valence-corrected chi connectivity index (χ1v) is 15.0. The molecule has 2 saturated heterocycles. The molecule has 3 aromatic carbocycles. The average Bonchev–Trinajstić information content (AvgIpc) is 3.64. The van der Waals surface area contributed by atoms with Crippen LogP contribution >= 0.6 is 39.1 Å². The Morgan fingerprint density at radius 3 is 2.46 bits per heavy atom. The average molecular weight is 659 g/mol. The molecule has 4 aromatic rings. The van der Waals surface area contributed by atoms with E-state index in [1.54, 1.807) is 23.1 Å². The molecule has 6 rings (SSSR count). The lowest BCUT2D eigenvalue weighted by atomic mass is 10.1. The summed E-state index contributed by atoms with van der Waals surface area (Å²) >= 11 is 16.2. The second-order valence-electron chi connectivity index (χ2n) is 10.2. The Morgan fingerprint density at radius 2 is 1.76 bits per heavy atom. The highest BCUT2D eigenvalue weighted by molar-refractivity contribution is 9.10. The minimum absolute atomic E-state index is 0.288. The van der Waals surface area contributed by atoms with Gasteiger partial charge in [-0.25, -0.2) is 9.67 Å². The number of benzene rings is 3. The molecule has 0 N–H and O–H groups in total. The Labute approximate surface area is 257 Å². The van der Waals surface area contributed by atoms with Crippen LogP contribution in [-0.4, -0.2) is 65.2 Å². The van der Waals surface area contributed by atoms with Gasteiger partial charge in [0, 0.05) is 53.5 Å². The highest BCUT2D eigenvalue weighted by Crippen LogP contribution is 2.40. The first-order valence-electron chi connectivity index (χ1n) is 13.5. The van der Waals surface area contributed by atoms with E-state index in [2.05, 4.69) is 72.2 Å². The number of hydrogen-bond acceptors (Lipinski definition) is 7. The number of rotatable bonds is 9. The molecule has 11 heteroatoms. The Kier molecular flexibility index (Phi) is 8.81. The van der Waals surface area contributed by atoms with Gasteiger partial charge in [-0.05, 0) is 54.1 Å². The molecule has 214 valence electrons. The van der Waals surface area contributed by atoms with Crippen molar-refractivity contribution in [2.45, 2.75) is 25.0 Å². The van der Waals surface area contributed by atoms with E-state index in [0.717, 1.165) is 42.9 Å². The molecule has 0 radical (unpaired) electrons. The maximum Gasteiger partial charge on any atom is 0.217 e. The zero-order chi connectivity index (χ0) is 28.2. The lowest BCUT2D eigenvalue weighted by molar-refractivity contribution is -0.190. The summed E-state index contributed by atoms with van der Waals surface area (Å²) in [5.74, 6) is -0.350. The molecule has 0 amide bonds. The summed E-state index contributed by atoms with van der Waals surface area (Å²) in [4.78, 5) is 8.96. The van der Waals surface area contributed by atoms with Crippen LogP contribution in [0.3, 0.4) is 0 Å². The maximum absolute atomic E-state index is 6.56. The van der Waals surface area contributed by atoms with Gasteiger partial charge in [-0.2, -0.15) is 5.10 Å². The summed E-state index contributed by atoms with van der Waals surface area (Å²) in [6.45, 7) is 5.98. The van der Waals surface area contributed by atoms with Crippen LogP contribution in [0.15, 0.2) is 83.9 Å². The van der Waals surface area contributed by atoms with E-state index in [9.17, 15) is 0 Å². The van der Waals surface area contributed by atoms with Crippen LogP contribution < -0.4 is 9.64 Å². The summed E-state index contributed by atoms with van der Waals surface area (Å²) in [5, 5.41) is 5.23. The fourth-order valence-electron chi connectivity index (χ4n) is 5.24. The number of hydrogen-bond donors (Lipinski definition) is 0. The number of piperazine rings is 1. The van der Waals surface area contributed by atoms with Gasteiger partial charge in [-0.15, -0.1) is 0 Å². The summed E-state index contributed by atoms with van der Waals surface area (Å²) < 4.78 is 21.6. The Balaban J connectivity index is 1.03. The topological polar surface area (TPSA) is 64.9 Å². The van der Waals surface area contributed by atoms with Crippen molar-refractivity contribution in [2.24, 2.45) is 0 Å². The van der Waals surface area contributed by atoms with E-state index >= 15 is 0 Å². The quantitative estimate of drug-likeness (QED) is 0.218. The largest absolute Gasteiger partial charge is 0.491 e. The molecule has 2 unspecified atom stereocenters. The van der Waals surface area contributed by atoms with Crippen molar-refractivity contribution in [3.05, 3.63) is 105 Å². The second-order valence-corrected chi connectivity index (χ2v) is 12.0. The van der Waals surface area contributed by atoms with Crippen molar-refractivity contribution in [2.75, 3.05) is 44.3 Å². The predicted molar refractivity (Wildman–Crippen MR) is 163 cm³/mol. The van der Waals surface area contributed by atoms with Crippen molar-refractivity contribution in [3.8, 4) is 5.75 Å². The molecule has 2 fully saturated rings. The van der Waals surface area contributed by atoms with Crippen LogP contribution in [0.25, 0.3) is 0 Å². The fraction of sp³-hybridized carbons (Fsp3) is 0.333. The molecule has 41 heavy (non-hydrogen) atoms. The lowest BCUT2D eigenvalue weighted by Gasteiger charge is -2.36. The molecule has 0 bridgehead atoms. The number of aromatic nitrogens is 3. The first-order chi connectivity index (χ1) is 20.0. The molecule has 8 nitrogen and oxygen atoms in total. The van der Waals surface area contributed by atoms with E-state index in [-0.39, 0.29) is 12.6 Å². The third-order valence-corrected chi connectivity index (χ3v) is 8.44. The first kappa shape index (κ1) is 28.5. The summed E-state index contributed by atoms with van der Waals surface area (Å²) in [5.41, 5.74) is 3.22. The van der Waals surface area contributed by atoms with Gasteiger partial charge in [-0.1, -0.05) is 57.3 Å². The monoisotopic (exact) mass is 657 g/mol. The molecule has 3 heterocycles. The van der Waals surface area contributed by atoms with Crippen molar-refractivity contribution in [1.82, 2.24) is 19.7 Å². The highest BCUT2D eigenvalue weighted by Gasteiger charge is 2.45. The molecule has 0 spiro atoms. The van der Waals surface area contributed by atoms with Gasteiger partial charge >= 0.3 is 0 Å². The van der Waals surface area contributed by atoms with Gasteiger partial charge in [0.15, 0.2) is 0 Å². The van der Waals surface area contributed by atoms with Crippen molar-refractivity contribution in [1.29, 1.82) is 0 Å². The number of halogens is 3. The zero-order valence-corrected chi connectivity index (χ0v) is 25.4. The third kappa shape index (κ3) is 6.88. The fourth-order valence-corrected chi connectivity index (χ4v) is 6.05. The minimum Gasteiger partial charge on any atom is -0.491 e. The van der Waals surface area contributed by atoms with Gasteiger partial charge in [0.25, 0.3) is 0 Å². The summed E-state index contributed by atoms with van der Waals surface area (Å²) in [7, 11) is 0. The Bertz CT molecular complexity index is 1430. The smallest absolute Gasteiger partial charge is 0.217 e. The highest BCUT2D eigenvalue weighted by atomic mass is 79.9. The zero-order valence-electron chi connectivity index (χ0n) is 22.3. The third-order valence-electron chi connectivity index (χ3n) is 7.37. The van der Waals surface area contributed by atoms with Crippen molar-refractivity contribution in [3.63, 3.8) is 0 Å². The van der Waals surface area contributed by atoms with Gasteiger partial charge in [0.2, 0.25) is 5.79 Å². The van der Waals surface area contributed by atoms with Crippen LogP contribution in [-0.2, 0) is 28.4 Å². The molecule has 2 aliphatic heterocycles. The molecule has 0 aliphatic carbocycles. The number of anilines is 1. The molecular formula is C30H30BrCl2N5O3. The summed E-state index contributed by atoms with van der Waals surface area (Å²) in [6, 6.07) is 22.1. The summed E-state index contributed by atoms with van der Waals surface area (Å²) in [6.07, 6.45) is 2.79. The van der Waals surface area contributed by atoms with Gasteiger partial charge < -0.3 is 19.1 Å². The number of ether oxygens (including phenoxy) is 3. The van der Waals surface area contributed by atoms with E-state index in [4.69, 9.17) is 37.4 Å². The van der Waals surface area contributed by atoms with E-state index in [0.29, 0.717) is 28.8 Å². The molecular weight excluding hydrogens is 629 g/mol. The van der Waals surface area contributed by atoms with Gasteiger partial charge in [0.1, 0.15) is 37.7 Å². The van der Waals surface area contributed by atoms with Crippen molar-refractivity contribution >= 4 is 44.8 Å². The SMILES string of the molecule is Clc1ccc(C2(Cn3cncn3)OCC(COc3ccc(N4CCN(Cc5ccc(Br)cc5)CC4)cc3)O2)c(Cl)c1. The van der Waals surface area contributed by atoms with Crippen molar-refractivity contribution < 1.29 is 14.2 Å². The van der Waals surface area contributed by atoms with Gasteiger partial charge in [0.05, 0.1) is 11.6 Å². The van der Waals surface area contributed by atoms with E-state index < -0.39 is 5.79 Å². The maximum atomic E-state index is 6.56. The molecule has 2 aliphatic rings. The predicted octanol–water partition coefficient (Wildman–Crippen LogP) is 6.02. The lowest BCUT2D eigenvalue weighted by Crippen LogP contribution is -2.45. The minimum atomic E-state index is -1.13. The van der Waals surface area contributed by atoms with Crippen LogP contribution in [0.1, 0.15) is 11.1 Å².